The van der Waals surface area contributed by atoms with Crippen LogP contribution in [0, 0.1) is 0 Å². The van der Waals surface area contributed by atoms with Crippen molar-refractivity contribution in [1.29, 1.82) is 0 Å². The van der Waals surface area contributed by atoms with Crippen LogP contribution in [0.5, 0.6) is 0 Å². The fourth-order valence-electron chi connectivity index (χ4n) is 1.68. The van der Waals surface area contributed by atoms with E-state index in [0.717, 1.165) is 34.4 Å². The maximum Gasteiger partial charge on any atom is 0.191 e. The summed E-state index contributed by atoms with van der Waals surface area (Å²) in [6, 6.07) is 3.86. The van der Waals surface area contributed by atoms with Crippen molar-refractivity contribution in [3.63, 3.8) is 0 Å². The Kier molecular flexibility index (Phi) is 5.31. The zero-order chi connectivity index (χ0) is 14.4. The maximum absolute atomic E-state index is 5.17. The van der Waals surface area contributed by atoms with E-state index in [0.29, 0.717) is 6.61 Å². The van der Waals surface area contributed by atoms with E-state index in [1.165, 1.54) is 0 Å². The summed E-state index contributed by atoms with van der Waals surface area (Å²) >= 11 is 1.64. The van der Waals surface area contributed by atoms with Crippen LogP contribution in [0.25, 0.3) is 11.4 Å². The molecule has 0 aromatic carbocycles. The molecule has 0 amide bonds. The molecule has 0 saturated heterocycles. The van der Waals surface area contributed by atoms with E-state index in [1.807, 2.05) is 19.1 Å². The van der Waals surface area contributed by atoms with Crippen LogP contribution in [0.4, 0.5) is 0 Å². The van der Waals surface area contributed by atoms with E-state index in [9.17, 15) is 0 Å². The summed E-state index contributed by atoms with van der Waals surface area (Å²) < 4.78 is 7.25. The lowest BCUT2D eigenvalue weighted by molar-refractivity contribution is 0.185. The van der Waals surface area contributed by atoms with Crippen molar-refractivity contribution in [2.24, 2.45) is 0 Å². The van der Waals surface area contributed by atoms with E-state index in [2.05, 4.69) is 26.3 Å². The van der Waals surface area contributed by atoms with Crippen molar-refractivity contribution in [1.82, 2.24) is 19.7 Å². The molecule has 0 radical (unpaired) electrons. The molecule has 0 aliphatic heterocycles. The molecule has 0 aliphatic carbocycles. The van der Waals surface area contributed by atoms with Gasteiger partial charge in [-0.15, -0.1) is 10.2 Å². The summed E-state index contributed by atoms with van der Waals surface area (Å²) in [5.74, 6) is 1.68. The van der Waals surface area contributed by atoms with Gasteiger partial charge in [-0.2, -0.15) is 0 Å². The smallest absolute Gasteiger partial charge is 0.191 e. The first-order valence-corrected chi connectivity index (χ1v) is 7.30. The lowest BCUT2D eigenvalue weighted by Crippen LogP contribution is -2.07. The number of methoxy groups -OCH3 is 1. The Bertz CT molecular complexity index is 568. The topological polar surface area (TPSA) is 52.8 Å². The molecule has 0 saturated carbocycles. The zero-order valence-corrected chi connectivity index (χ0v) is 12.6. The first-order chi connectivity index (χ1) is 9.72. The SMILES string of the molecule is C=C(C)CSc1nnc(-c2ccncc2)n1CCOC. The molecule has 2 heterocycles. The molecule has 0 spiro atoms. The second kappa shape index (κ2) is 7.21. The van der Waals surface area contributed by atoms with Gasteiger partial charge in [-0.1, -0.05) is 23.9 Å². The number of rotatable bonds is 7. The number of pyridine rings is 1. The Morgan fingerprint density at radius 3 is 2.75 bits per heavy atom. The van der Waals surface area contributed by atoms with E-state index in [-0.39, 0.29) is 0 Å². The number of thioether (sulfide) groups is 1. The van der Waals surface area contributed by atoms with Crippen molar-refractivity contribution in [3.05, 3.63) is 36.7 Å². The number of hydrogen-bond donors (Lipinski definition) is 0. The van der Waals surface area contributed by atoms with Gasteiger partial charge < -0.3 is 4.74 Å². The normalized spacial score (nSPS) is 10.7. The molecule has 106 valence electrons. The number of aromatic nitrogens is 4. The Morgan fingerprint density at radius 2 is 2.10 bits per heavy atom. The van der Waals surface area contributed by atoms with Crippen molar-refractivity contribution in [2.45, 2.75) is 18.6 Å². The van der Waals surface area contributed by atoms with Crippen LogP contribution >= 0.6 is 11.8 Å². The highest BCUT2D eigenvalue weighted by molar-refractivity contribution is 7.99. The first-order valence-electron chi connectivity index (χ1n) is 6.32. The van der Waals surface area contributed by atoms with Gasteiger partial charge in [0, 0.05) is 30.8 Å². The molecule has 0 fully saturated rings. The molecule has 5 nitrogen and oxygen atoms in total. The quantitative estimate of drug-likeness (QED) is 0.579. The van der Waals surface area contributed by atoms with Crippen LogP contribution in [-0.4, -0.2) is 39.2 Å². The summed E-state index contributed by atoms with van der Waals surface area (Å²) in [7, 11) is 1.69. The predicted octanol–water partition coefficient (Wildman–Crippen LogP) is 2.65. The summed E-state index contributed by atoms with van der Waals surface area (Å²) in [4.78, 5) is 4.03. The van der Waals surface area contributed by atoms with Crippen LogP contribution in [-0.2, 0) is 11.3 Å². The third-order valence-electron chi connectivity index (χ3n) is 2.62. The van der Waals surface area contributed by atoms with Gasteiger partial charge >= 0.3 is 0 Å². The monoisotopic (exact) mass is 290 g/mol. The molecule has 6 heteroatoms. The zero-order valence-electron chi connectivity index (χ0n) is 11.7. The van der Waals surface area contributed by atoms with Gasteiger partial charge in [0.2, 0.25) is 0 Å². The molecular formula is C14H18N4OS. The molecule has 2 aromatic heterocycles. The van der Waals surface area contributed by atoms with Crippen LogP contribution in [0.1, 0.15) is 6.92 Å². The fraction of sp³-hybridized carbons (Fsp3) is 0.357. The van der Waals surface area contributed by atoms with Gasteiger partial charge in [-0.25, -0.2) is 0 Å². The van der Waals surface area contributed by atoms with Crippen LogP contribution in [0.2, 0.25) is 0 Å². The molecule has 0 bridgehead atoms. The van der Waals surface area contributed by atoms with Crippen molar-refractivity contribution < 1.29 is 4.74 Å². The minimum Gasteiger partial charge on any atom is -0.383 e. The van der Waals surface area contributed by atoms with Gasteiger partial charge in [0.15, 0.2) is 11.0 Å². The molecule has 0 atom stereocenters. The summed E-state index contributed by atoms with van der Waals surface area (Å²) in [6.07, 6.45) is 3.51. The van der Waals surface area contributed by atoms with E-state index < -0.39 is 0 Å². The third-order valence-corrected chi connectivity index (χ3v) is 3.82. The Labute approximate surface area is 123 Å². The summed E-state index contributed by atoms with van der Waals surface area (Å²) in [6.45, 7) is 7.27. The van der Waals surface area contributed by atoms with Gasteiger partial charge in [0.05, 0.1) is 13.2 Å². The van der Waals surface area contributed by atoms with Gasteiger partial charge in [0.1, 0.15) is 0 Å². The highest BCUT2D eigenvalue weighted by Gasteiger charge is 2.13. The minimum atomic E-state index is 0.622. The van der Waals surface area contributed by atoms with E-state index in [1.54, 1.807) is 31.3 Å². The fourth-order valence-corrected chi connectivity index (χ4v) is 2.49. The molecule has 2 aromatic rings. The van der Waals surface area contributed by atoms with Crippen LogP contribution < -0.4 is 0 Å². The highest BCUT2D eigenvalue weighted by Crippen LogP contribution is 2.24. The average molecular weight is 290 g/mol. The average Bonchev–Trinajstić information content (AvgIpc) is 2.86. The van der Waals surface area contributed by atoms with Crippen molar-refractivity contribution in [3.8, 4) is 11.4 Å². The number of ether oxygens (including phenoxy) is 1. The van der Waals surface area contributed by atoms with Gasteiger partial charge in [0.25, 0.3) is 0 Å². The predicted molar refractivity (Wildman–Crippen MR) is 80.7 cm³/mol. The maximum atomic E-state index is 5.17. The van der Waals surface area contributed by atoms with Crippen molar-refractivity contribution in [2.75, 3.05) is 19.5 Å². The van der Waals surface area contributed by atoms with Crippen molar-refractivity contribution >= 4 is 11.8 Å². The van der Waals surface area contributed by atoms with Crippen LogP contribution in [0.15, 0.2) is 41.8 Å². The molecule has 0 aliphatic rings. The van der Waals surface area contributed by atoms with Crippen LogP contribution in [0.3, 0.4) is 0 Å². The Morgan fingerprint density at radius 1 is 1.35 bits per heavy atom. The number of hydrogen-bond acceptors (Lipinski definition) is 5. The van der Waals surface area contributed by atoms with Gasteiger partial charge in [-0.3, -0.25) is 9.55 Å². The minimum absolute atomic E-state index is 0.622. The Balaban J connectivity index is 2.29. The summed E-state index contributed by atoms with van der Waals surface area (Å²) in [5.41, 5.74) is 2.12. The van der Waals surface area contributed by atoms with E-state index in [4.69, 9.17) is 4.74 Å². The van der Waals surface area contributed by atoms with E-state index >= 15 is 0 Å². The molecule has 20 heavy (non-hydrogen) atoms. The highest BCUT2D eigenvalue weighted by atomic mass is 32.2. The Hall–Kier alpha value is -1.66. The lowest BCUT2D eigenvalue weighted by Gasteiger charge is -2.09. The first kappa shape index (κ1) is 14.7. The second-order valence-electron chi connectivity index (χ2n) is 4.43. The largest absolute Gasteiger partial charge is 0.383 e. The second-order valence-corrected chi connectivity index (χ2v) is 5.37. The lowest BCUT2D eigenvalue weighted by atomic mass is 10.2. The summed E-state index contributed by atoms with van der Waals surface area (Å²) in [5, 5.41) is 9.46. The third kappa shape index (κ3) is 3.68. The van der Waals surface area contributed by atoms with Gasteiger partial charge in [-0.05, 0) is 19.1 Å². The number of nitrogens with zero attached hydrogens (tertiary/aromatic N) is 4. The molecule has 0 unspecified atom stereocenters. The molecule has 0 N–H and O–H groups in total. The molecular weight excluding hydrogens is 272 g/mol. The molecule has 2 rings (SSSR count). The standard InChI is InChI=1S/C14H18N4OS/c1-11(2)10-20-14-17-16-13(18(14)8-9-19-3)12-4-6-15-7-5-12/h4-7H,1,8-10H2,2-3H3.